The van der Waals surface area contributed by atoms with Crippen molar-refractivity contribution in [3.8, 4) is 11.5 Å². The highest BCUT2D eigenvalue weighted by Crippen LogP contribution is 2.37. The number of carbonyl (C=O) groups is 2. The van der Waals surface area contributed by atoms with Crippen LogP contribution in [-0.4, -0.2) is 29.9 Å². The lowest BCUT2D eigenvalue weighted by Gasteiger charge is -2.15. The molecule has 2 amide bonds. The number of anilines is 2. The molecule has 6 nitrogen and oxygen atoms in total. The topological polar surface area (TPSA) is 67.9 Å². The van der Waals surface area contributed by atoms with E-state index in [2.05, 4.69) is 12.2 Å². The van der Waals surface area contributed by atoms with Crippen molar-refractivity contribution >= 4 is 57.6 Å². The predicted octanol–water partition coefficient (Wildman–Crippen LogP) is 6.30. The van der Waals surface area contributed by atoms with Gasteiger partial charge in [0.25, 0.3) is 11.8 Å². The summed E-state index contributed by atoms with van der Waals surface area (Å²) in [5.41, 5.74) is 5.46. The van der Waals surface area contributed by atoms with E-state index in [1.807, 2.05) is 62.4 Å². The third-order valence-corrected chi connectivity index (χ3v) is 7.29. The number of hydrogen-bond acceptors (Lipinski definition) is 6. The fourth-order valence-corrected chi connectivity index (χ4v) is 5.25. The normalized spacial score (nSPS) is 14.3. The first-order valence-electron chi connectivity index (χ1n) is 11.8. The third-order valence-electron chi connectivity index (χ3n) is 5.99. The van der Waals surface area contributed by atoms with E-state index >= 15 is 0 Å². The van der Waals surface area contributed by atoms with Gasteiger partial charge in [-0.25, -0.2) is 0 Å². The molecule has 3 aromatic rings. The Morgan fingerprint density at radius 3 is 2.41 bits per heavy atom. The van der Waals surface area contributed by atoms with Gasteiger partial charge in [0.2, 0.25) is 0 Å². The first kappa shape index (κ1) is 26.4. The number of hydrogen-bond donors (Lipinski definition) is 1. The van der Waals surface area contributed by atoms with Crippen LogP contribution in [0.2, 0.25) is 0 Å². The number of rotatable bonds is 8. The fourth-order valence-electron chi connectivity index (χ4n) is 3.95. The molecule has 0 aliphatic carbocycles. The van der Waals surface area contributed by atoms with E-state index in [0.717, 1.165) is 34.5 Å². The number of thiocarbonyl (C=S) groups is 1. The fraction of sp³-hybridized carbons (Fsp3) is 0.207. The Kier molecular flexibility index (Phi) is 8.31. The molecular formula is C29H28N2O4S2. The summed E-state index contributed by atoms with van der Waals surface area (Å²) in [5.74, 6) is 0.458. The number of carbonyl (C=O) groups excluding carboxylic acids is 2. The highest BCUT2D eigenvalue weighted by molar-refractivity contribution is 8.27. The van der Waals surface area contributed by atoms with Crippen molar-refractivity contribution in [1.82, 2.24) is 0 Å². The average Bonchev–Trinajstić information content (AvgIpc) is 3.17. The molecule has 3 aromatic carbocycles. The maximum Gasteiger partial charge on any atom is 0.270 e. The van der Waals surface area contributed by atoms with Gasteiger partial charge in [0.15, 0.2) is 22.4 Å². The molecule has 1 saturated heterocycles. The van der Waals surface area contributed by atoms with Crippen LogP contribution >= 0.6 is 24.0 Å². The lowest BCUT2D eigenvalue weighted by Crippen LogP contribution is -2.27. The van der Waals surface area contributed by atoms with Gasteiger partial charge in [-0.05, 0) is 72.9 Å². The highest BCUT2D eigenvalue weighted by Gasteiger charge is 2.33. The van der Waals surface area contributed by atoms with E-state index < -0.39 is 0 Å². The van der Waals surface area contributed by atoms with Crippen LogP contribution in [0.4, 0.5) is 11.4 Å². The molecule has 1 heterocycles. The molecule has 1 N–H and O–H groups in total. The molecule has 190 valence electrons. The molecule has 1 fully saturated rings. The Morgan fingerprint density at radius 2 is 1.76 bits per heavy atom. The first-order valence-corrected chi connectivity index (χ1v) is 13.1. The van der Waals surface area contributed by atoms with Gasteiger partial charge in [-0.15, -0.1) is 0 Å². The summed E-state index contributed by atoms with van der Waals surface area (Å²) >= 11 is 6.75. The molecular weight excluding hydrogens is 504 g/mol. The number of methoxy groups -OCH3 is 1. The van der Waals surface area contributed by atoms with Gasteiger partial charge in [0, 0.05) is 5.69 Å². The van der Waals surface area contributed by atoms with Crippen LogP contribution < -0.4 is 19.7 Å². The lowest BCUT2D eigenvalue weighted by atomic mass is 10.1. The number of ether oxygens (including phenoxy) is 2. The number of thioether (sulfide) groups is 1. The highest BCUT2D eigenvalue weighted by atomic mass is 32.2. The van der Waals surface area contributed by atoms with Crippen LogP contribution in [0.15, 0.2) is 65.6 Å². The smallest absolute Gasteiger partial charge is 0.270 e. The van der Waals surface area contributed by atoms with Crippen molar-refractivity contribution in [1.29, 1.82) is 0 Å². The van der Waals surface area contributed by atoms with Crippen molar-refractivity contribution in [2.75, 3.05) is 23.9 Å². The van der Waals surface area contributed by atoms with Crippen molar-refractivity contribution in [3.05, 3.63) is 87.8 Å². The molecule has 0 saturated carbocycles. The monoisotopic (exact) mass is 532 g/mol. The maximum atomic E-state index is 13.1. The third kappa shape index (κ3) is 6.03. The zero-order valence-electron chi connectivity index (χ0n) is 21.2. The average molecular weight is 533 g/mol. The minimum Gasteiger partial charge on any atom is -0.493 e. The van der Waals surface area contributed by atoms with Gasteiger partial charge in [-0.2, -0.15) is 0 Å². The van der Waals surface area contributed by atoms with Gasteiger partial charge in [-0.1, -0.05) is 67.3 Å². The first-order chi connectivity index (χ1) is 17.8. The standard InChI is InChI=1S/C29H28N2O4S2/c1-5-20-9-12-22(13-10-20)31-28(33)25(37-29(31)36)16-21-11-14-23(24(15-21)34-4)35-17-26(32)30-27-18(2)7-6-8-19(27)3/h6-16H,5,17H2,1-4H3,(H,30,32)/b25-16-. The molecule has 37 heavy (non-hydrogen) atoms. The number of benzene rings is 3. The Morgan fingerprint density at radius 1 is 1.05 bits per heavy atom. The second kappa shape index (κ2) is 11.6. The molecule has 0 atom stereocenters. The van der Waals surface area contributed by atoms with Crippen molar-refractivity contribution < 1.29 is 19.1 Å². The summed E-state index contributed by atoms with van der Waals surface area (Å²) < 4.78 is 11.7. The SMILES string of the molecule is CCc1ccc(N2C(=O)/C(=C/c3ccc(OCC(=O)Nc4c(C)cccc4C)c(OC)c3)SC2=S)cc1. The maximum absolute atomic E-state index is 13.1. The number of nitrogens with one attached hydrogen (secondary N) is 1. The van der Waals surface area contributed by atoms with E-state index in [1.54, 1.807) is 23.1 Å². The Bertz CT molecular complexity index is 1360. The second-order valence-electron chi connectivity index (χ2n) is 8.55. The van der Waals surface area contributed by atoms with Gasteiger partial charge in [0.05, 0.1) is 17.7 Å². The summed E-state index contributed by atoms with van der Waals surface area (Å²) in [6, 6.07) is 19.0. The molecule has 4 rings (SSSR count). The van der Waals surface area contributed by atoms with Crippen molar-refractivity contribution in [3.63, 3.8) is 0 Å². The van der Waals surface area contributed by atoms with Crippen molar-refractivity contribution in [2.45, 2.75) is 27.2 Å². The molecule has 0 aromatic heterocycles. The van der Waals surface area contributed by atoms with E-state index in [0.29, 0.717) is 20.7 Å². The quantitative estimate of drug-likeness (QED) is 0.271. The molecule has 8 heteroatoms. The Balaban J connectivity index is 1.45. The van der Waals surface area contributed by atoms with Gasteiger partial charge in [-0.3, -0.25) is 14.5 Å². The van der Waals surface area contributed by atoms with Crippen LogP contribution in [0, 0.1) is 13.8 Å². The zero-order valence-corrected chi connectivity index (χ0v) is 22.8. The molecule has 1 aliphatic heterocycles. The molecule has 0 spiro atoms. The summed E-state index contributed by atoms with van der Waals surface area (Å²) in [5, 5.41) is 2.91. The largest absolute Gasteiger partial charge is 0.493 e. The minimum atomic E-state index is -0.265. The minimum absolute atomic E-state index is 0.165. The number of para-hydroxylation sites is 1. The Labute approximate surface area is 226 Å². The summed E-state index contributed by atoms with van der Waals surface area (Å²) in [6.07, 6.45) is 2.71. The second-order valence-corrected chi connectivity index (χ2v) is 10.2. The van der Waals surface area contributed by atoms with Crippen LogP contribution in [0.5, 0.6) is 11.5 Å². The van der Waals surface area contributed by atoms with Crippen LogP contribution in [0.3, 0.4) is 0 Å². The van der Waals surface area contributed by atoms with E-state index in [9.17, 15) is 9.59 Å². The number of nitrogens with zero attached hydrogens (tertiary/aromatic N) is 1. The van der Waals surface area contributed by atoms with E-state index in [-0.39, 0.29) is 18.4 Å². The molecule has 1 aliphatic rings. The predicted molar refractivity (Wildman–Crippen MR) is 155 cm³/mol. The molecule has 0 bridgehead atoms. The molecule has 0 radical (unpaired) electrons. The summed E-state index contributed by atoms with van der Waals surface area (Å²) in [4.78, 5) is 27.7. The number of amides is 2. The van der Waals surface area contributed by atoms with Gasteiger partial charge >= 0.3 is 0 Å². The Hall–Kier alpha value is -3.62. The molecule has 0 unspecified atom stereocenters. The van der Waals surface area contributed by atoms with Crippen LogP contribution in [-0.2, 0) is 16.0 Å². The van der Waals surface area contributed by atoms with E-state index in [1.165, 1.54) is 24.4 Å². The van der Waals surface area contributed by atoms with Gasteiger partial charge in [0.1, 0.15) is 0 Å². The van der Waals surface area contributed by atoms with Gasteiger partial charge < -0.3 is 14.8 Å². The summed E-state index contributed by atoms with van der Waals surface area (Å²) in [7, 11) is 1.53. The van der Waals surface area contributed by atoms with Crippen LogP contribution in [0.1, 0.15) is 29.2 Å². The summed E-state index contributed by atoms with van der Waals surface area (Å²) in [6.45, 7) is 5.81. The number of aryl methyl sites for hydroxylation is 3. The van der Waals surface area contributed by atoms with Crippen molar-refractivity contribution in [2.24, 2.45) is 0 Å². The van der Waals surface area contributed by atoms with Crippen LogP contribution in [0.25, 0.3) is 6.08 Å². The lowest BCUT2D eigenvalue weighted by molar-refractivity contribution is -0.118. The zero-order chi connectivity index (χ0) is 26.5. The van der Waals surface area contributed by atoms with E-state index in [4.69, 9.17) is 21.7 Å².